The monoisotopic (exact) mass is 324 g/mol. The second kappa shape index (κ2) is 5.18. The molecule has 2 heteroatoms. The summed E-state index contributed by atoms with van der Waals surface area (Å²) in [6.07, 6.45) is 2.08. The molecule has 0 spiro atoms. The molecule has 0 atom stereocenters. The fourth-order valence-electron chi connectivity index (χ4n) is 3.81. The van der Waals surface area contributed by atoms with Gasteiger partial charge in [0.2, 0.25) is 5.69 Å². The Morgan fingerprint density at radius 2 is 1.64 bits per heavy atom. The van der Waals surface area contributed by atoms with E-state index in [1.807, 2.05) is 6.07 Å². The molecule has 5 rings (SSSR count). The van der Waals surface area contributed by atoms with E-state index in [0.29, 0.717) is 0 Å². The summed E-state index contributed by atoms with van der Waals surface area (Å²) >= 11 is 0. The largest absolute Gasteiger partial charge is 0.455 e. The first kappa shape index (κ1) is 14.2. The Morgan fingerprint density at radius 3 is 2.52 bits per heavy atom. The van der Waals surface area contributed by atoms with Gasteiger partial charge in [0.1, 0.15) is 18.2 Å². The van der Waals surface area contributed by atoms with Crippen molar-refractivity contribution >= 4 is 32.7 Å². The maximum Gasteiger partial charge on any atom is 0.216 e. The number of pyridine rings is 1. The first-order chi connectivity index (χ1) is 12.2. The summed E-state index contributed by atoms with van der Waals surface area (Å²) in [4.78, 5) is 0. The lowest BCUT2D eigenvalue weighted by Gasteiger charge is -2.05. The van der Waals surface area contributed by atoms with Crippen molar-refractivity contribution in [1.29, 1.82) is 0 Å². The average Bonchev–Trinajstić information content (AvgIpc) is 3.01. The third-order valence-electron chi connectivity index (χ3n) is 5.05. The summed E-state index contributed by atoms with van der Waals surface area (Å²) in [6.45, 7) is 2.15. The molecule has 0 aliphatic heterocycles. The Hall–Kier alpha value is -3.13. The SMILES string of the molecule is Cc1ccc2c(oc3ccc4ccccc4c32)c1-c1cccc[n+]1C. The maximum absolute atomic E-state index is 6.37. The zero-order chi connectivity index (χ0) is 17.0. The van der Waals surface area contributed by atoms with Gasteiger partial charge in [0.05, 0.1) is 5.56 Å². The van der Waals surface area contributed by atoms with Gasteiger partial charge < -0.3 is 4.42 Å². The van der Waals surface area contributed by atoms with E-state index in [-0.39, 0.29) is 0 Å². The molecule has 0 amide bonds. The van der Waals surface area contributed by atoms with E-state index >= 15 is 0 Å². The standard InChI is InChI=1S/C23H18NO/c1-15-10-12-18-22-17-8-4-3-7-16(17)11-13-20(22)25-23(18)21(15)19-9-5-6-14-24(19)2/h3-14H,1-2H3/q+1. The lowest BCUT2D eigenvalue weighted by molar-refractivity contribution is -0.660. The molecule has 3 aromatic carbocycles. The molecule has 25 heavy (non-hydrogen) atoms. The lowest BCUT2D eigenvalue weighted by atomic mass is 9.98. The van der Waals surface area contributed by atoms with E-state index < -0.39 is 0 Å². The van der Waals surface area contributed by atoms with Crippen LogP contribution >= 0.6 is 0 Å². The van der Waals surface area contributed by atoms with Crippen LogP contribution in [-0.4, -0.2) is 0 Å². The van der Waals surface area contributed by atoms with Gasteiger partial charge >= 0.3 is 0 Å². The molecule has 0 aliphatic rings. The average molecular weight is 324 g/mol. The summed E-state index contributed by atoms with van der Waals surface area (Å²) in [5.74, 6) is 0. The van der Waals surface area contributed by atoms with E-state index in [2.05, 4.69) is 85.4 Å². The highest BCUT2D eigenvalue weighted by Gasteiger charge is 2.20. The highest BCUT2D eigenvalue weighted by atomic mass is 16.3. The normalized spacial score (nSPS) is 11.6. The Bertz CT molecular complexity index is 1260. The summed E-state index contributed by atoms with van der Waals surface area (Å²) < 4.78 is 8.51. The Kier molecular flexibility index (Phi) is 2.95. The predicted molar refractivity (Wildman–Crippen MR) is 103 cm³/mol. The van der Waals surface area contributed by atoms with Crippen molar-refractivity contribution < 1.29 is 8.98 Å². The van der Waals surface area contributed by atoms with Gasteiger partial charge in [-0.25, -0.2) is 4.57 Å². The number of nitrogens with zero attached hydrogens (tertiary/aromatic N) is 1. The van der Waals surface area contributed by atoms with E-state index in [9.17, 15) is 0 Å². The van der Waals surface area contributed by atoms with Crippen LogP contribution in [0.15, 0.2) is 77.3 Å². The molecule has 2 heterocycles. The quantitative estimate of drug-likeness (QED) is 0.370. The number of hydrogen-bond donors (Lipinski definition) is 0. The van der Waals surface area contributed by atoms with Gasteiger partial charge in [0, 0.05) is 22.9 Å². The predicted octanol–water partition coefficient (Wildman–Crippen LogP) is 5.54. The first-order valence-corrected chi connectivity index (χ1v) is 8.52. The summed E-state index contributed by atoms with van der Waals surface area (Å²) in [6, 6.07) is 23.4. The molecule has 0 unspecified atom stereocenters. The molecular weight excluding hydrogens is 306 g/mol. The molecule has 5 aromatic rings. The molecule has 0 aliphatic carbocycles. The molecule has 120 valence electrons. The highest BCUT2D eigenvalue weighted by molar-refractivity contribution is 6.20. The maximum atomic E-state index is 6.37. The summed E-state index contributed by atoms with van der Waals surface area (Å²) in [5, 5.41) is 4.86. The van der Waals surface area contributed by atoms with E-state index in [1.54, 1.807) is 0 Å². The van der Waals surface area contributed by atoms with E-state index in [1.165, 1.54) is 32.7 Å². The second-order valence-electron chi connectivity index (χ2n) is 6.59. The zero-order valence-corrected chi connectivity index (χ0v) is 14.3. The third kappa shape index (κ3) is 2.01. The van der Waals surface area contributed by atoms with Crippen LogP contribution in [0.3, 0.4) is 0 Å². The number of rotatable bonds is 1. The molecule has 0 bridgehead atoms. The van der Waals surface area contributed by atoms with Gasteiger partial charge in [-0.15, -0.1) is 0 Å². The Labute approximate surface area is 145 Å². The van der Waals surface area contributed by atoms with E-state index in [4.69, 9.17) is 4.42 Å². The topological polar surface area (TPSA) is 17.0 Å². The van der Waals surface area contributed by atoms with Crippen LogP contribution in [0.4, 0.5) is 0 Å². The molecule has 0 saturated heterocycles. The van der Waals surface area contributed by atoms with Crippen molar-refractivity contribution in [3.8, 4) is 11.3 Å². The minimum Gasteiger partial charge on any atom is -0.455 e. The van der Waals surface area contributed by atoms with Crippen molar-refractivity contribution in [3.63, 3.8) is 0 Å². The van der Waals surface area contributed by atoms with Crippen LogP contribution in [0, 0.1) is 6.92 Å². The van der Waals surface area contributed by atoms with Crippen molar-refractivity contribution in [2.24, 2.45) is 7.05 Å². The summed E-state index contributed by atoms with van der Waals surface area (Å²) in [7, 11) is 2.08. The Morgan fingerprint density at radius 1 is 0.800 bits per heavy atom. The molecular formula is C23H18NO+. The van der Waals surface area contributed by atoms with Crippen LogP contribution in [0.1, 0.15) is 5.56 Å². The van der Waals surface area contributed by atoms with Gasteiger partial charge in [0.15, 0.2) is 6.20 Å². The van der Waals surface area contributed by atoms with Gasteiger partial charge in [-0.1, -0.05) is 42.5 Å². The van der Waals surface area contributed by atoms with Crippen LogP contribution in [0.2, 0.25) is 0 Å². The summed E-state index contributed by atoms with van der Waals surface area (Å²) in [5.41, 5.74) is 5.46. The molecule has 2 aromatic heterocycles. The third-order valence-corrected chi connectivity index (χ3v) is 5.05. The van der Waals surface area contributed by atoms with Gasteiger partial charge in [-0.3, -0.25) is 0 Å². The van der Waals surface area contributed by atoms with E-state index in [0.717, 1.165) is 16.9 Å². The van der Waals surface area contributed by atoms with Crippen LogP contribution in [0.5, 0.6) is 0 Å². The number of aromatic nitrogens is 1. The van der Waals surface area contributed by atoms with Gasteiger partial charge in [-0.2, -0.15) is 0 Å². The van der Waals surface area contributed by atoms with Gasteiger partial charge in [-0.05, 0) is 35.4 Å². The first-order valence-electron chi connectivity index (χ1n) is 8.52. The number of fused-ring (bicyclic) bond motifs is 5. The van der Waals surface area contributed by atoms with Crippen molar-refractivity contribution in [2.45, 2.75) is 6.92 Å². The molecule has 0 saturated carbocycles. The fraction of sp³-hybridized carbons (Fsp3) is 0.0870. The van der Waals surface area contributed by atoms with Crippen LogP contribution in [0.25, 0.3) is 44.0 Å². The number of furan rings is 1. The highest BCUT2D eigenvalue weighted by Crippen LogP contribution is 2.39. The molecule has 0 radical (unpaired) electrons. The smallest absolute Gasteiger partial charge is 0.216 e. The lowest BCUT2D eigenvalue weighted by Crippen LogP contribution is -2.30. The van der Waals surface area contributed by atoms with Crippen LogP contribution < -0.4 is 4.57 Å². The van der Waals surface area contributed by atoms with Crippen molar-refractivity contribution in [1.82, 2.24) is 0 Å². The number of hydrogen-bond acceptors (Lipinski definition) is 1. The van der Waals surface area contributed by atoms with Crippen LogP contribution in [-0.2, 0) is 7.05 Å². The molecule has 0 fully saturated rings. The number of benzene rings is 3. The minimum absolute atomic E-state index is 0.944. The Balaban J connectivity index is 1.99. The second-order valence-corrected chi connectivity index (χ2v) is 6.59. The minimum atomic E-state index is 0.944. The van der Waals surface area contributed by atoms with Gasteiger partial charge in [0.25, 0.3) is 0 Å². The fourth-order valence-corrected chi connectivity index (χ4v) is 3.81. The zero-order valence-electron chi connectivity index (χ0n) is 14.3. The van der Waals surface area contributed by atoms with Crippen molar-refractivity contribution in [3.05, 3.63) is 78.5 Å². The molecule has 0 N–H and O–H groups in total. The molecule has 2 nitrogen and oxygen atoms in total. The number of aryl methyl sites for hydroxylation is 2. The van der Waals surface area contributed by atoms with Crippen molar-refractivity contribution in [2.75, 3.05) is 0 Å².